The predicted molar refractivity (Wildman–Crippen MR) is 69.8 cm³/mol. The summed E-state index contributed by atoms with van der Waals surface area (Å²) in [6.45, 7) is 4.12. The molecule has 0 unspecified atom stereocenters. The number of carboxylic acids is 1. The molecule has 0 aliphatic carbocycles. The molecule has 1 rings (SSSR count). The average molecular weight is 247 g/mol. The highest BCUT2D eigenvalue weighted by molar-refractivity contribution is 5.85. The van der Waals surface area contributed by atoms with Crippen LogP contribution in [0.15, 0.2) is 30.3 Å². The topological polar surface area (TPSA) is 66.4 Å². The molecule has 0 radical (unpaired) electrons. The molecule has 0 spiro atoms. The van der Waals surface area contributed by atoms with E-state index in [9.17, 15) is 9.59 Å². The third-order valence-electron chi connectivity index (χ3n) is 2.36. The zero-order valence-corrected chi connectivity index (χ0v) is 10.5. The van der Waals surface area contributed by atoms with Gasteiger partial charge in [0, 0.05) is 18.5 Å². The summed E-state index contributed by atoms with van der Waals surface area (Å²) in [7, 11) is 0. The second-order valence-corrected chi connectivity index (χ2v) is 4.29. The van der Waals surface area contributed by atoms with Crippen molar-refractivity contribution in [1.29, 1.82) is 0 Å². The van der Waals surface area contributed by atoms with E-state index >= 15 is 0 Å². The SMILES string of the molecule is CC(C)C(=O)NCc1cccc(/C=C/C(=O)O)c1. The molecule has 0 fully saturated rings. The van der Waals surface area contributed by atoms with Crippen LogP contribution >= 0.6 is 0 Å². The van der Waals surface area contributed by atoms with E-state index in [4.69, 9.17) is 5.11 Å². The molecule has 0 aromatic heterocycles. The Hall–Kier alpha value is -2.10. The lowest BCUT2D eigenvalue weighted by Crippen LogP contribution is -2.27. The number of rotatable bonds is 5. The molecule has 0 atom stereocenters. The maximum Gasteiger partial charge on any atom is 0.328 e. The molecule has 0 heterocycles. The number of nitrogens with one attached hydrogen (secondary N) is 1. The Labute approximate surface area is 106 Å². The molecule has 0 aliphatic rings. The highest BCUT2D eigenvalue weighted by Crippen LogP contribution is 2.07. The summed E-state index contributed by atoms with van der Waals surface area (Å²) in [5.74, 6) is -1.02. The van der Waals surface area contributed by atoms with Gasteiger partial charge in [0.15, 0.2) is 0 Å². The normalized spacial score (nSPS) is 10.8. The molecule has 4 heteroatoms. The Morgan fingerprint density at radius 2 is 2.11 bits per heavy atom. The second kappa shape index (κ2) is 6.59. The molecule has 1 amide bonds. The molecule has 0 bridgehead atoms. The maximum absolute atomic E-state index is 11.4. The lowest BCUT2D eigenvalue weighted by atomic mass is 10.1. The molecule has 4 nitrogen and oxygen atoms in total. The van der Waals surface area contributed by atoms with Crippen LogP contribution in [0.2, 0.25) is 0 Å². The molecule has 2 N–H and O–H groups in total. The smallest absolute Gasteiger partial charge is 0.328 e. The number of hydrogen-bond donors (Lipinski definition) is 2. The molecular weight excluding hydrogens is 230 g/mol. The summed E-state index contributed by atoms with van der Waals surface area (Å²) in [6.07, 6.45) is 2.61. The summed E-state index contributed by atoms with van der Waals surface area (Å²) in [6, 6.07) is 7.38. The van der Waals surface area contributed by atoms with E-state index in [-0.39, 0.29) is 11.8 Å². The van der Waals surface area contributed by atoms with Crippen LogP contribution in [0.3, 0.4) is 0 Å². The van der Waals surface area contributed by atoms with Gasteiger partial charge >= 0.3 is 5.97 Å². The van der Waals surface area contributed by atoms with Gasteiger partial charge in [-0.1, -0.05) is 32.0 Å². The standard InChI is InChI=1S/C14H17NO3/c1-10(2)14(18)15-9-12-5-3-4-11(8-12)6-7-13(16)17/h3-8,10H,9H2,1-2H3,(H,15,18)(H,16,17)/b7-6+. The molecule has 0 saturated heterocycles. The van der Waals surface area contributed by atoms with E-state index in [0.29, 0.717) is 6.54 Å². The van der Waals surface area contributed by atoms with Crippen LogP contribution in [0.4, 0.5) is 0 Å². The average Bonchev–Trinajstić information content (AvgIpc) is 2.33. The van der Waals surface area contributed by atoms with Crippen molar-refractivity contribution in [1.82, 2.24) is 5.32 Å². The summed E-state index contributed by atoms with van der Waals surface area (Å²) in [4.78, 5) is 21.8. The van der Waals surface area contributed by atoms with Gasteiger partial charge in [-0.25, -0.2) is 4.79 Å². The summed E-state index contributed by atoms with van der Waals surface area (Å²) < 4.78 is 0. The van der Waals surface area contributed by atoms with E-state index in [1.165, 1.54) is 6.08 Å². The van der Waals surface area contributed by atoms with Gasteiger partial charge in [0.1, 0.15) is 0 Å². The molecule has 96 valence electrons. The third-order valence-corrected chi connectivity index (χ3v) is 2.36. The summed E-state index contributed by atoms with van der Waals surface area (Å²) in [5, 5.41) is 11.3. The van der Waals surface area contributed by atoms with Crippen molar-refractivity contribution < 1.29 is 14.7 Å². The van der Waals surface area contributed by atoms with Gasteiger partial charge in [0.25, 0.3) is 0 Å². The fourth-order valence-electron chi connectivity index (χ4n) is 1.37. The van der Waals surface area contributed by atoms with E-state index < -0.39 is 5.97 Å². The van der Waals surface area contributed by atoms with Crippen LogP contribution in [0.5, 0.6) is 0 Å². The van der Waals surface area contributed by atoms with Crippen molar-refractivity contribution >= 4 is 18.0 Å². The zero-order valence-electron chi connectivity index (χ0n) is 10.5. The van der Waals surface area contributed by atoms with E-state index in [2.05, 4.69) is 5.32 Å². The van der Waals surface area contributed by atoms with Crippen molar-refractivity contribution in [2.75, 3.05) is 0 Å². The first kappa shape index (κ1) is 14.0. The number of hydrogen-bond acceptors (Lipinski definition) is 2. The molecular formula is C14H17NO3. The molecule has 0 aliphatic heterocycles. The van der Waals surface area contributed by atoms with E-state index in [1.54, 1.807) is 0 Å². The van der Waals surface area contributed by atoms with Gasteiger partial charge in [-0.2, -0.15) is 0 Å². The third kappa shape index (κ3) is 4.82. The molecule has 18 heavy (non-hydrogen) atoms. The van der Waals surface area contributed by atoms with Crippen molar-refractivity contribution in [3.63, 3.8) is 0 Å². The fourth-order valence-corrected chi connectivity index (χ4v) is 1.37. The minimum atomic E-state index is -0.978. The number of aliphatic carboxylic acids is 1. The van der Waals surface area contributed by atoms with Gasteiger partial charge in [-0.05, 0) is 23.3 Å². The minimum absolute atomic E-state index is 0.00137. The van der Waals surface area contributed by atoms with Crippen molar-refractivity contribution in [3.05, 3.63) is 41.5 Å². The van der Waals surface area contributed by atoms with Crippen molar-refractivity contribution in [3.8, 4) is 0 Å². The first-order chi connectivity index (χ1) is 8.49. The first-order valence-electron chi connectivity index (χ1n) is 5.76. The van der Waals surface area contributed by atoms with Gasteiger partial charge in [0.05, 0.1) is 0 Å². The number of carboxylic acid groups (broad SMARTS) is 1. The number of carbonyl (C=O) groups is 2. The van der Waals surface area contributed by atoms with Gasteiger partial charge in [-0.3, -0.25) is 4.79 Å². The van der Waals surface area contributed by atoms with Crippen LogP contribution < -0.4 is 5.32 Å². The van der Waals surface area contributed by atoms with Crippen LogP contribution in [0.1, 0.15) is 25.0 Å². The second-order valence-electron chi connectivity index (χ2n) is 4.29. The largest absolute Gasteiger partial charge is 0.478 e. The Balaban J connectivity index is 2.65. The monoisotopic (exact) mass is 247 g/mol. The lowest BCUT2D eigenvalue weighted by Gasteiger charge is -2.08. The van der Waals surface area contributed by atoms with Crippen LogP contribution in [-0.4, -0.2) is 17.0 Å². The highest BCUT2D eigenvalue weighted by atomic mass is 16.4. The van der Waals surface area contributed by atoms with Crippen LogP contribution in [0, 0.1) is 5.92 Å². The molecule has 0 saturated carbocycles. The Morgan fingerprint density at radius 3 is 2.72 bits per heavy atom. The van der Waals surface area contributed by atoms with Gasteiger partial charge in [0.2, 0.25) is 5.91 Å². The van der Waals surface area contributed by atoms with Crippen molar-refractivity contribution in [2.45, 2.75) is 20.4 Å². The highest BCUT2D eigenvalue weighted by Gasteiger charge is 2.05. The van der Waals surface area contributed by atoms with Crippen molar-refractivity contribution in [2.24, 2.45) is 5.92 Å². The number of benzene rings is 1. The zero-order chi connectivity index (χ0) is 13.5. The van der Waals surface area contributed by atoms with Gasteiger partial charge < -0.3 is 10.4 Å². The maximum atomic E-state index is 11.4. The van der Waals surface area contributed by atoms with Gasteiger partial charge in [-0.15, -0.1) is 0 Å². The number of carbonyl (C=O) groups excluding carboxylic acids is 1. The fraction of sp³-hybridized carbons (Fsp3) is 0.286. The van der Waals surface area contributed by atoms with Crippen LogP contribution in [0.25, 0.3) is 6.08 Å². The van der Waals surface area contributed by atoms with E-state index in [1.807, 2.05) is 38.1 Å². The quantitative estimate of drug-likeness (QED) is 0.783. The summed E-state index contributed by atoms with van der Waals surface area (Å²) >= 11 is 0. The Morgan fingerprint density at radius 1 is 1.39 bits per heavy atom. The Kier molecular flexibility index (Phi) is 5.11. The lowest BCUT2D eigenvalue weighted by molar-refractivity contribution is -0.131. The number of amides is 1. The predicted octanol–water partition coefficient (Wildman–Crippen LogP) is 2.06. The van der Waals surface area contributed by atoms with Crippen LogP contribution in [-0.2, 0) is 16.1 Å². The molecule has 1 aromatic rings. The van der Waals surface area contributed by atoms with E-state index in [0.717, 1.165) is 17.2 Å². The first-order valence-corrected chi connectivity index (χ1v) is 5.76. The minimum Gasteiger partial charge on any atom is -0.478 e. The Bertz CT molecular complexity index is 464. The summed E-state index contributed by atoms with van der Waals surface area (Å²) in [5.41, 5.74) is 1.74. The molecule has 1 aromatic carbocycles.